The fourth-order valence-corrected chi connectivity index (χ4v) is 1.75. The van der Waals surface area contributed by atoms with Crippen molar-refractivity contribution in [3.63, 3.8) is 0 Å². The predicted molar refractivity (Wildman–Crippen MR) is 58.1 cm³/mol. The molecule has 0 radical (unpaired) electrons. The van der Waals surface area contributed by atoms with E-state index in [-0.39, 0.29) is 17.4 Å². The molecule has 15 heavy (non-hydrogen) atoms. The number of rotatable bonds is 6. The number of nitrogens with one attached hydrogen (secondary N) is 1. The number of hydrogen-bond donors (Lipinski definition) is 1. The van der Waals surface area contributed by atoms with Gasteiger partial charge in [0.05, 0.1) is 12.0 Å². The van der Waals surface area contributed by atoms with Crippen LogP contribution in [0.1, 0.15) is 19.3 Å². The van der Waals surface area contributed by atoms with E-state index in [1.54, 1.807) is 7.11 Å². The van der Waals surface area contributed by atoms with Crippen molar-refractivity contribution in [1.82, 2.24) is 5.32 Å². The minimum Gasteiger partial charge on any atom is -0.383 e. The first-order chi connectivity index (χ1) is 7.24. The smallest absolute Gasteiger partial charge is 0.249 e. The van der Waals surface area contributed by atoms with E-state index < -0.39 is 0 Å². The Morgan fingerprint density at radius 1 is 1.73 bits per heavy atom. The Hall–Kier alpha value is -0.320. The Morgan fingerprint density at radius 3 is 3.13 bits per heavy atom. The van der Waals surface area contributed by atoms with Gasteiger partial charge in [0.2, 0.25) is 5.91 Å². The molecule has 0 spiro atoms. The van der Waals surface area contributed by atoms with E-state index in [1.165, 1.54) is 0 Å². The second kappa shape index (κ2) is 7.04. The summed E-state index contributed by atoms with van der Waals surface area (Å²) in [5, 5.41) is 2.77. The fourth-order valence-electron chi connectivity index (χ4n) is 1.51. The number of halogens is 1. The van der Waals surface area contributed by atoms with Gasteiger partial charge in [-0.15, -0.1) is 11.6 Å². The first kappa shape index (κ1) is 12.7. The summed E-state index contributed by atoms with van der Waals surface area (Å²) in [6.07, 6.45) is 2.27. The predicted octanol–water partition coefficient (Wildman–Crippen LogP) is 0.925. The molecule has 1 aliphatic rings. The van der Waals surface area contributed by atoms with Crippen molar-refractivity contribution in [3.05, 3.63) is 0 Å². The minimum absolute atomic E-state index is 0.0196. The summed E-state index contributed by atoms with van der Waals surface area (Å²) in [5.41, 5.74) is 0. The molecule has 0 saturated carbocycles. The second-order valence-corrected chi connectivity index (χ2v) is 4.25. The van der Waals surface area contributed by atoms with Crippen molar-refractivity contribution in [2.24, 2.45) is 0 Å². The van der Waals surface area contributed by atoms with Crippen LogP contribution in [0.25, 0.3) is 0 Å². The highest BCUT2D eigenvalue weighted by molar-refractivity contribution is 6.20. The standard InChI is InChI=1S/C10H18ClNO3/c1-14-7-8(11)4-5-12-10(13)9-3-2-6-15-9/h8-9H,2-7H2,1H3,(H,12,13). The molecule has 1 aliphatic heterocycles. The summed E-state index contributed by atoms with van der Waals surface area (Å²) in [6.45, 7) is 1.79. The Labute approximate surface area is 95.3 Å². The molecule has 88 valence electrons. The lowest BCUT2D eigenvalue weighted by atomic mass is 10.2. The van der Waals surface area contributed by atoms with Crippen LogP contribution in [0.2, 0.25) is 0 Å². The second-order valence-electron chi connectivity index (χ2n) is 3.63. The molecule has 2 unspecified atom stereocenters. The summed E-state index contributed by atoms with van der Waals surface area (Å²) in [6, 6.07) is 0. The Balaban J connectivity index is 2.06. The zero-order valence-electron chi connectivity index (χ0n) is 9.00. The van der Waals surface area contributed by atoms with Crippen LogP contribution in [0.3, 0.4) is 0 Å². The van der Waals surface area contributed by atoms with E-state index in [9.17, 15) is 4.79 Å². The molecule has 0 aromatic carbocycles. The number of alkyl halides is 1. The van der Waals surface area contributed by atoms with Crippen LogP contribution in [0.4, 0.5) is 0 Å². The lowest BCUT2D eigenvalue weighted by Gasteiger charge is -2.12. The van der Waals surface area contributed by atoms with Gasteiger partial charge in [-0.3, -0.25) is 4.79 Å². The van der Waals surface area contributed by atoms with Crippen molar-refractivity contribution in [1.29, 1.82) is 0 Å². The lowest BCUT2D eigenvalue weighted by molar-refractivity contribution is -0.130. The van der Waals surface area contributed by atoms with Gasteiger partial charge in [-0.05, 0) is 19.3 Å². The van der Waals surface area contributed by atoms with Crippen LogP contribution in [0, 0.1) is 0 Å². The number of methoxy groups -OCH3 is 1. The quantitative estimate of drug-likeness (QED) is 0.697. The average molecular weight is 236 g/mol. The van der Waals surface area contributed by atoms with Crippen LogP contribution < -0.4 is 5.32 Å². The molecule has 0 aliphatic carbocycles. The lowest BCUT2D eigenvalue weighted by Crippen LogP contribution is -2.35. The Morgan fingerprint density at radius 2 is 2.53 bits per heavy atom. The molecule has 1 N–H and O–H groups in total. The van der Waals surface area contributed by atoms with E-state index >= 15 is 0 Å². The molecule has 1 amide bonds. The van der Waals surface area contributed by atoms with Gasteiger partial charge >= 0.3 is 0 Å². The normalized spacial score (nSPS) is 22.7. The third kappa shape index (κ3) is 4.82. The summed E-state index contributed by atoms with van der Waals surface area (Å²) in [4.78, 5) is 11.5. The summed E-state index contributed by atoms with van der Waals surface area (Å²) in [5.74, 6) is -0.0196. The van der Waals surface area contributed by atoms with Crippen LogP contribution in [-0.4, -0.2) is 44.3 Å². The molecule has 0 aromatic rings. The van der Waals surface area contributed by atoms with Gasteiger partial charge in [0.25, 0.3) is 0 Å². The van der Waals surface area contributed by atoms with Crippen molar-refractivity contribution >= 4 is 17.5 Å². The van der Waals surface area contributed by atoms with Gasteiger partial charge < -0.3 is 14.8 Å². The first-order valence-corrected chi connectivity index (χ1v) is 5.70. The highest BCUT2D eigenvalue weighted by Gasteiger charge is 2.22. The summed E-state index contributed by atoms with van der Waals surface area (Å²) in [7, 11) is 1.61. The van der Waals surface area contributed by atoms with Gasteiger partial charge in [-0.25, -0.2) is 0 Å². The van der Waals surface area contributed by atoms with Gasteiger partial charge in [0, 0.05) is 20.3 Å². The zero-order chi connectivity index (χ0) is 11.1. The number of carbonyl (C=O) groups is 1. The molecular formula is C10H18ClNO3. The first-order valence-electron chi connectivity index (χ1n) is 5.26. The zero-order valence-corrected chi connectivity index (χ0v) is 9.76. The molecular weight excluding hydrogens is 218 g/mol. The van der Waals surface area contributed by atoms with Crippen molar-refractivity contribution < 1.29 is 14.3 Å². The van der Waals surface area contributed by atoms with Crippen LogP contribution in [-0.2, 0) is 14.3 Å². The van der Waals surface area contributed by atoms with Crippen LogP contribution >= 0.6 is 11.6 Å². The molecule has 1 fully saturated rings. The maximum absolute atomic E-state index is 11.5. The summed E-state index contributed by atoms with van der Waals surface area (Å²) >= 11 is 5.92. The van der Waals surface area contributed by atoms with Gasteiger partial charge in [-0.1, -0.05) is 0 Å². The molecule has 1 heterocycles. The number of hydrogen-bond acceptors (Lipinski definition) is 3. The molecule has 0 bridgehead atoms. The largest absolute Gasteiger partial charge is 0.383 e. The molecule has 5 heteroatoms. The Bertz CT molecular complexity index is 195. The van der Waals surface area contributed by atoms with Crippen molar-refractivity contribution in [2.45, 2.75) is 30.7 Å². The van der Waals surface area contributed by atoms with Crippen molar-refractivity contribution in [3.8, 4) is 0 Å². The van der Waals surface area contributed by atoms with Crippen molar-refractivity contribution in [2.75, 3.05) is 26.9 Å². The van der Waals surface area contributed by atoms with E-state index in [2.05, 4.69) is 5.32 Å². The summed E-state index contributed by atoms with van der Waals surface area (Å²) < 4.78 is 10.1. The van der Waals surface area contributed by atoms with Gasteiger partial charge in [0.15, 0.2) is 0 Å². The third-order valence-corrected chi connectivity index (χ3v) is 2.67. The van der Waals surface area contributed by atoms with E-state index in [1.807, 2.05) is 0 Å². The van der Waals surface area contributed by atoms with E-state index in [0.717, 1.165) is 12.8 Å². The molecule has 2 atom stereocenters. The highest BCUT2D eigenvalue weighted by atomic mass is 35.5. The molecule has 1 rings (SSSR count). The highest BCUT2D eigenvalue weighted by Crippen LogP contribution is 2.11. The van der Waals surface area contributed by atoms with Gasteiger partial charge in [0.1, 0.15) is 6.10 Å². The number of ether oxygens (including phenoxy) is 2. The van der Waals surface area contributed by atoms with Gasteiger partial charge in [-0.2, -0.15) is 0 Å². The average Bonchev–Trinajstić information content (AvgIpc) is 2.70. The molecule has 1 saturated heterocycles. The topological polar surface area (TPSA) is 47.6 Å². The minimum atomic E-state index is -0.249. The number of carbonyl (C=O) groups excluding carboxylic acids is 1. The third-order valence-electron chi connectivity index (χ3n) is 2.33. The van der Waals surface area contributed by atoms with Crippen LogP contribution in [0.15, 0.2) is 0 Å². The Kier molecular flexibility index (Phi) is 5.98. The van der Waals surface area contributed by atoms with Crippen LogP contribution in [0.5, 0.6) is 0 Å². The SMILES string of the molecule is COCC(Cl)CCNC(=O)C1CCCO1. The molecule has 0 aromatic heterocycles. The maximum Gasteiger partial charge on any atom is 0.249 e. The van der Waals surface area contributed by atoms with E-state index in [4.69, 9.17) is 21.1 Å². The fraction of sp³-hybridized carbons (Fsp3) is 0.900. The number of amides is 1. The van der Waals surface area contributed by atoms with E-state index in [0.29, 0.717) is 26.2 Å². The maximum atomic E-state index is 11.5. The molecule has 4 nitrogen and oxygen atoms in total. The monoisotopic (exact) mass is 235 g/mol.